The van der Waals surface area contributed by atoms with Crippen molar-refractivity contribution in [2.24, 2.45) is 0 Å². The molecule has 0 radical (unpaired) electrons. The minimum Gasteiger partial charge on any atom is -0.497 e. The molecule has 0 saturated carbocycles. The highest BCUT2D eigenvalue weighted by molar-refractivity contribution is 6.06. The highest BCUT2D eigenvalue weighted by atomic mass is 16.5. The first kappa shape index (κ1) is 20.1. The summed E-state index contributed by atoms with van der Waals surface area (Å²) < 4.78 is 5.16. The number of anilines is 2. The van der Waals surface area contributed by atoms with Crippen molar-refractivity contribution in [3.05, 3.63) is 82.7 Å². The third kappa shape index (κ3) is 4.79. The number of methoxy groups -OCH3 is 1. The van der Waals surface area contributed by atoms with Crippen LogP contribution in [0.5, 0.6) is 5.75 Å². The summed E-state index contributed by atoms with van der Waals surface area (Å²) in [6, 6.07) is 15.8. The van der Waals surface area contributed by atoms with Gasteiger partial charge in [0.05, 0.1) is 7.11 Å². The Morgan fingerprint density at radius 1 is 0.828 bits per heavy atom. The summed E-state index contributed by atoms with van der Waals surface area (Å²) in [6.45, 7) is 5.90. The lowest BCUT2D eigenvalue weighted by atomic mass is 10.0. The number of aromatic nitrogens is 1. The standard InChI is InChI=1S/C23H23N3O3/c1-14-11-15(2)21(16(3)12-14)26-23(28)20-10-6-9-19(25-20)22(27)24-17-7-5-8-18(13-17)29-4/h5-13H,1-4H3,(H,24,27)(H,26,28). The van der Waals surface area contributed by atoms with Gasteiger partial charge >= 0.3 is 0 Å². The molecule has 0 saturated heterocycles. The summed E-state index contributed by atoms with van der Waals surface area (Å²) in [5.41, 5.74) is 4.74. The summed E-state index contributed by atoms with van der Waals surface area (Å²) >= 11 is 0. The minimum atomic E-state index is -0.407. The molecule has 0 aliphatic heterocycles. The molecule has 0 atom stereocenters. The molecule has 2 amide bonds. The Hall–Kier alpha value is -3.67. The van der Waals surface area contributed by atoms with Gasteiger partial charge in [-0.25, -0.2) is 4.98 Å². The number of nitrogens with one attached hydrogen (secondary N) is 2. The number of carbonyl (C=O) groups excluding carboxylic acids is 2. The monoisotopic (exact) mass is 389 g/mol. The molecule has 6 nitrogen and oxygen atoms in total. The minimum absolute atomic E-state index is 0.151. The average Bonchev–Trinajstić information content (AvgIpc) is 2.70. The lowest BCUT2D eigenvalue weighted by Gasteiger charge is -2.13. The molecule has 1 aromatic heterocycles. The zero-order chi connectivity index (χ0) is 21.0. The van der Waals surface area contributed by atoms with Crippen molar-refractivity contribution in [3.8, 4) is 5.75 Å². The fourth-order valence-electron chi connectivity index (χ4n) is 3.14. The van der Waals surface area contributed by atoms with E-state index in [1.54, 1.807) is 49.6 Å². The third-order valence-corrected chi connectivity index (χ3v) is 4.46. The summed E-state index contributed by atoms with van der Waals surface area (Å²) in [5, 5.41) is 5.66. The fourth-order valence-corrected chi connectivity index (χ4v) is 3.14. The predicted octanol–water partition coefficient (Wildman–Crippen LogP) is 4.52. The van der Waals surface area contributed by atoms with Crippen LogP contribution in [0.15, 0.2) is 54.6 Å². The maximum Gasteiger partial charge on any atom is 0.274 e. The number of benzene rings is 2. The number of rotatable bonds is 5. The van der Waals surface area contributed by atoms with Crippen LogP contribution >= 0.6 is 0 Å². The Morgan fingerprint density at radius 2 is 1.41 bits per heavy atom. The zero-order valence-corrected chi connectivity index (χ0v) is 16.9. The molecule has 6 heteroatoms. The topological polar surface area (TPSA) is 80.3 Å². The summed E-state index contributed by atoms with van der Waals surface area (Å²) in [7, 11) is 1.56. The van der Waals surface area contributed by atoms with Crippen LogP contribution in [0.2, 0.25) is 0 Å². The Balaban J connectivity index is 1.78. The molecule has 2 aromatic carbocycles. The number of ether oxygens (including phenoxy) is 1. The van der Waals surface area contributed by atoms with Crippen LogP contribution in [-0.2, 0) is 0 Å². The molecule has 0 bridgehead atoms. The maximum atomic E-state index is 12.7. The van der Waals surface area contributed by atoms with E-state index in [2.05, 4.69) is 15.6 Å². The number of pyridine rings is 1. The molecule has 3 rings (SSSR count). The predicted molar refractivity (Wildman–Crippen MR) is 114 cm³/mol. The Kier molecular flexibility index (Phi) is 5.93. The molecular formula is C23H23N3O3. The van der Waals surface area contributed by atoms with Crippen LogP contribution in [-0.4, -0.2) is 23.9 Å². The van der Waals surface area contributed by atoms with Gasteiger partial charge in [-0.3, -0.25) is 9.59 Å². The molecule has 3 aromatic rings. The van der Waals surface area contributed by atoms with E-state index < -0.39 is 5.91 Å². The summed E-state index contributed by atoms with van der Waals surface area (Å²) in [4.78, 5) is 29.5. The van der Waals surface area contributed by atoms with Gasteiger partial charge in [-0.15, -0.1) is 0 Å². The van der Waals surface area contributed by atoms with Crippen molar-refractivity contribution in [2.45, 2.75) is 20.8 Å². The number of amides is 2. The Labute approximate surface area is 169 Å². The van der Waals surface area contributed by atoms with E-state index in [0.29, 0.717) is 11.4 Å². The Bertz CT molecular complexity index is 1050. The van der Waals surface area contributed by atoms with Crippen LogP contribution in [0.1, 0.15) is 37.7 Å². The summed E-state index contributed by atoms with van der Waals surface area (Å²) in [5.74, 6) is -0.139. The van der Waals surface area contributed by atoms with Crippen LogP contribution in [0, 0.1) is 20.8 Å². The van der Waals surface area contributed by atoms with E-state index in [1.165, 1.54) is 0 Å². The van der Waals surface area contributed by atoms with Gasteiger partial charge in [0.15, 0.2) is 0 Å². The SMILES string of the molecule is COc1cccc(NC(=O)c2cccc(C(=O)Nc3c(C)cc(C)cc3C)n2)c1. The van der Waals surface area contributed by atoms with Crippen LogP contribution in [0.4, 0.5) is 11.4 Å². The molecule has 0 unspecified atom stereocenters. The van der Waals surface area contributed by atoms with E-state index in [0.717, 1.165) is 22.4 Å². The highest BCUT2D eigenvalue weighted by Gasteiger charge is 2.15. The fraction of sp³-hybridized carbons (Fsp3) is 0.174. The molecule has 0 aliphatic carbocycles. The van der Waals surface area contributed by atoms with Crippen molar-refractivity contribution in [2.75, 3.05) is 17.7 Å². The normalized spacial score (nSPS) is 10.3. The van der Waals surface area contributed by atoms with Crippen LogP contribution in [0.25, 0.3) is 0 Å². The lowest BCUT2D eigenvalue weighted by molar-refractivity contribution is 0.101. The van der Waals surface area contributed by atoms with Crippen molar-refractivity contribution in [1.29, 1.82) is 0 Å². The Morgan fingerprint density at radius 3 is 2.03 bits per heavy atom. The van der Waals surface area contributed by atoms with Gasteiger partial charge in [-0.2, -0.15) is 0 Å². The molecular weight excluding hydrogens is 366 g/mol. The first-order chi connectivity index (χ1) is 13.9. The zero-order valence-electron chi connectivity index (χ0n) is 16.9. The van der Waals surface area contributed by atoms with E-state index in [-0.39, 0.29) is 17.3 Å². The van der Waals surface area contributed by atoms with E-state index in [1.807, 2.05) is 32.9 Å². The third-order valence-electron chi connectivity index (χ3n) is 4.46. The first-order valence-corrected chi connectivity index (χ1v) is 9.19. The molecule has 0 aliphatic rings. The van der Waals surface area contributed by atoms with Gasteiger partial charge in [0.2, 0.25) is 0 Å². The molecule has 0 spiro atoms. The largest absolute Gasteiger partial charge is 0.497 e. The highest BCUT2D eigenvalue weighted by Crippen LogP contribution is 2.22. The van der Waals surface area contributed by atoms with Crippen molar-refractivity contribution in [3.63, 3.8) is 0 Å². The lowest BCUT2D eigenvalue weighted by Crippen LogP contribution is -2.19. The number of carbonyl (C=O) groups is 2. The van der Waals surface area contributed by atoms with E-state index in [4.69, 9.17) is 4.74 Å². The average molecular weight is 389 g/mol. The molecule has 0 fully saturated rings. The van der Waals surface area contributed by atoms with Gasteiger partial charge in [0, 0.05) is 17.4 Å². The molecule has 148 valence electrons. The summed E-state index contributed by atoms with van der Waals surface area (Å²) in [6.07, 6.45) is 0. The van der Waals surface area contributed by atoms with Gasteiger partial charge in [-0.05, 0) is 56.2 Å². The molecule has 2 N–H and O–H groups in total. The molecule has 29 heavy (non-hydrogen) atoms. The number of hydrogen-bond donors (Lipinski definition) is 2. The second-order valence-electron chi connectivity index (χ2n) is 6.82. The second-order valence-corrected chi connectivity index (χ2v) is 6.82. The van der Waals surface area contributed by atoms with Gasteiger partial charge in [0.1, 0.15) is 17.1 Å². The number of aryl methyl sites for hydroxylation is 3. The van der Waals surface area contributed by atoms with Crippen molar-refractivity contribution >= 4 is 23.2 Å². The van der Waals surface area contributed by atoms with Crippen LogP contribution < -0.4 is 15.4 Å². The second kappa shape index (κ2) is 8.56. The quantitative estimate of drug-likeness (QED) is 0.672. The van der Waals surface area contributed by atoms with Crippen molar-refractivity contribution < 1.29 is 14.3 Å². The smallest absolute Gasteiger partial charge is 0.274 e. The van der Waals surface area contributed by atoms with E-state index >= 15 is 0 Å². The van der Waals surface area contributed by atoms with Crippen molar-refractivity contribution in [1.82, 2.24) is 4.98 Å². The number of nitrogens with zero attached hydrogens (tertiary/aromatic N) is 1. The maximum absolute atomic E-state index is 12.7. The van der Waals surface area contributed by atoms with Gasteiger partial charge in [0.25, 0.3) is 11.8 Å². The van der Waals surface area contributed by atoms with Gasteiger partial charge in [-0.1, -0.05) is 29.8 Å². The first-order valence-electron chi connectivity index (χ1n) is 9.19. The van der Waals surface area contributed by atoms with Gasteiger partial charge < -0.3 is 15.4 Å². The number of hydrogen-bond acceptors (Lipinski definition) is 4. The van der Waals surface area contributed by atoms with Crippen LogP contribution in [0.3, 0.4) is 0 Å². The van der Waals surface area contributed by atoms with E-state index in [9.17, 15) is 9.59 Å². The molecule has 1 heterocycles.